The van der Waals surface area contributed by atoms with E-state index in [0.717, 1.165) is 39.1 Å². The molecule has 186 valence electrons. The Morgan fingerprint density at radius 2 is 1.70 bits per heavy atom. The summed E-state index contributed by atoms with van der Waals surface area (Å²) >= 11 is 9.97. The van der Waals surface area contributed by atoms with E-state index in [4.69, 9.17) is 16.6 Å². The van der Waals surface area contributed by atoms with Crippen LogP contribution in [0.3, 0.4) is 0 Å². The molecule has 0 aliphatic rings. The molecule has 8 heteroatoms. The van der Waals surface area contributed by atoms with Gasteiger partial charge in [-0.1, -0.05) is 78.3 Å². The lowest BCUT2D eigenvalue weighted by Crippen LogP contribution is -2.29. The summed E-state index contributed by atoms with van der Waals surface area (Å²) in [7, 11) is 1.84. The Morgan fingerprint density at radius 1 is 1.00 bits per heavy atom. The first-order valence-corrected chi connectivity index (χ1v) is 13.1. The first kappa shape index (κ1) is 25.0. The van der Waals surface area contributed by atoms with E-state index in [2.05, 4.69) is 26.3 Å². The number of nitrogens with zero attached hydrogens (tertiary/aromatic N) is 4. The molecule has 2 heterocycles. The van der Waals surface area contributed by atoms with Crippen LogP contribution < -0.4 is 5.32 Å². The molecule has 3 aromatic carbocycles. The average molecular weight is 575 g/mol. The SMILES string of the molecule is CN(CCCNc1cc(-c2ccccc2Cl)nc2c(Br)cnn12)C(=O)c1ccccc1-c1ccccc1. The van der Waals surface area contributed by atoms with Gasteiger partial charge < -0.3 is 10.2 Å². The van der Waals surface area contributed by atoms with Gasteiger partial charge in [-0.05, 0) is 45.6 Å². The van der Waals surface area contributed by atoms with Crippen molar-refractivity contribution in [3.8, 4) is 22.4 Å². The second-order valence-corrected chi connectivity index (χ2v) is 9.91. The van der Waals surface area contributed by atoms with Gasteiger partial charge in [-0.15, -0.1) is 0 Å². The van der Waals surface area contributed by atoms with Crippen LogP contribution in [0.15, 0.2) is 95.6 Å². The topological polar surface area (TPSA) is 62.5 Å². The Hall–Kier alpha value is -3.68. The molecule has 0 aliphatic carbocycles. The van der Waals surface area contributed by atoms with Gasteiger partial charge in [0.1, 0.15) is 5.82 Å². The Labute approximate surface area is 229 Å². The molecule has 2 aromatic heterocycles. The lowest BCUT2D eigenvalue weighted by atomic mass is 9.99. The highest BCUT2D eigenvalue weighted by atomic mass is 79.9. The Morgan fingerprint density at radius 3 is 2.49 bits per heavy atom. The number of hydrogen-bond acceptors (Lipinski definition) is 4. The second-order valence-electron chi connectivity index (χ2n) is 8.65. The van der Waals surface area contributed by atoms with Crippen LogP contribution >= 0.6 is 27.5 Å². The number of aromatic nitrogens is 3. The predicted octanol–water partition coefficient (Wildman–Crippen LogP) is 7.05. The Bertz CT molecular complexity index is 1550. The fourth-order valence-corrected chi connectivity index (χ4v) is 4.83. The van der Waals surface area contributed by atoms with E-state index in [0.29, 0.717) is 29.3 Å². The molecule has 0 atom stereocenters. The van der Waals surface area contributed by atoms with Crippen LogP contribution in [0.2, 0.25) is 5.02 Å². The Kier molecular flexibility index (Phi) is 7.53. The van der Waals surface area contributed by atoms with Gasteiger partial charge >= 0.3 is 0 Å². The summed E-state index contributed by atoms with van der Waals surface area (Å²) in [6.45, 7) is 1.25. The minimum absolute atomic E-state index is 0.00256. The highest BCUT2D eigenvalue weighted by Gasteiger charge is 2.17. The highest BCUT2D eigenvalue weighted by Crippen LogP contribution is 2.30. The lowest BCUT2D eigenvalue weighted by Gasteiger charge is -2.19. The van der Waals surface area contributed by atoms with Gasteiger partial charge in [-0.2, -0.15) is 9.61 Å². The van der Waals surface area contributed by atoms with Crippen LogP contribution in [0.25, 0.3) is 28.0 Å². The summed E-state index contributed by atoms with van der Waals surface area (Å²) < 4.78 is 2.56. The van der Waals surface area contributed by atoms with Gasteiger partial charge in [-0.25, -0.2) is 4.98 Å². The van der Waals surface area contributed by atoms with E-state index in [1.54, 1.807) is 15.6 Å². The van der Waals surface area contributed by atoms with Gasteiger partial charge in [0.25, 0.3) is 5.91 Å². The minimum atomic E-state index is 0.00256. The van der Waals surface area contributed by atoms with Crippen LogP contribution in [-0.4, -0.2) is 45.5 Å². The zero-order chi connectivity index (χ0) is 25.8. The van der Waals surface area contributed by atoms with Crippen molar-refractivity contribution in [2.75, 3.05) is 25.5 Å². The normalized spacial score (nSPS) is 11.0. The van der Waals surface area contributed by atoms with Gasteiger partial charge in [0.2, 0.25) is 0 Å². The number of amides is 1. The van der Waals surface area contributed by atoms with E-state index >= 15 is 0 Å². The van der Waals surface area contributed by atoms with Crippen LogP contribution in [0, 0.1) is 0 Å². The van der Waals surface area contributed by atoms with Gasteiger partial charge in [0.15, 0.2) is 5.65 Å². The van der Waals surface area contributed by atoms with Crippen LogP contribution in [0.4, 0.5) is 5.82 Å². The minimum Gasteiger partial charge on any atom is -0.370 e. The molecule has 0 fully saturated rings. The maximum Gasteiger partial charge on any atom is 0.254 e. The summed E-state index contributed by atoms with van der Waals surface area (Å²) in [6, 6.07) is 27.3. The molecule has 5 rings (SSSR count). The number of carbonyl (C=O) groups is 1. The number of nitrogens with one attached hydrogen (secondary N) is 1. The number of carbonyl (C=O) groups excluding carboxylic acids is 1. The molecule has 1 N–H and O–H groups in total. The van der Waals surface area contributed by atoms with E-state index in [9.17, 15) is 4.79 Å². The van der Waals surface area contributed by atoms with Gasteiger partial charge in [0, 0.05) is 42.4 Å². The first-order chi connectivity index (χ1) is 18.0. The number of hydrogen-bond donors (Lipinski definition) is 1. The molecule has 0 saturated carbocycles. The average Bonchev–Trinajstić information content (AvgIpc) is 3.31. The van der Waals surface area contributed by atoms with Crippen molar-refractivity contribution in [3.63, 3.8) is 0 Å². The molecular formula is C29H25BrClN5O. The van der Waals surface area contributed by atoms with Gasteiger partial charge in [-0.3, -0.25) is 4.79 Å². The van der Waals surface area contributed by atoms with Crippen LogP contribution in [0.5, 0.6) is 0 Å². The molecule has 0 spiro atoms. The fraction of sp³-hybridized carbons (Fsp3) is 0.138. The fourth-order valence-electron chi connectivity index (χ4n) is 4.25. The summed E-state index contributed by atoms with van der Waals surface area (Å²) in [4.78, 5) is 19.8. The number of fused-ring (bicyclic) bond motifs is 1. The molecule has 1 amide bonds. The van der Waals surface area contributed by atoms with Gasteiger partial charge in [0.05, 0.1) is 16.4 Å². The largest absolute Gasteiger partial charge is 0.370 e. The smallest absolute Gasteiger partial charge is 0.254 e. The molecule has 0 bridgehead atoms. The summed E-state index contributed by atoms with van der Waals surface area (Å²) in [5.74, 6) is 0.803. The molecule has 37 heavy (non-hydrogen) atoms. The monoisotopic (exact) mass is 573 g/mol. The highest BCUT2D eigenvalue weighted by molar-refractivity contribution is 9.10. The van der Waals surface area contributed by atoms with Crippen molar-refractivity contribution < 1.29 is 4.79 Å². The number of benzene rings is 3. The number of rotatable bonds is 8. The summed E-state index contributed by atoms with van der Waals surface area (Å²) in [6.07, 6.45) is 2.48. The molecular weight excluding hydrogens is 550 g/mol. The lowest BCUT2D eigenvalue weighted by molar-refractivity contribution is 0.0795. The van der Waals surface area contributed by atoms with Crippen molar-refractivity contribution in [1.82, 2.24) is 19.5 Å². The third-order valence-corrected chi connectivity index (χ3v) is 7.03. The second kappa shape index (κ2) is 11.2. The predicted molar refractivity (Wildman–Crippen MR) is 153 cm³/mol. The molecule has 5 aromatic rings. The number of anilines is 1. The first-order valence-electron chi connectivity index (χ1n) is 12.0. The van der Waals surface area contributed by atoms with Crippen molar-refractivity contribution in [2.24, 2.45) is 0 Å². The standard InChI is InChI=1S/C29H25BrClN5O/c1-35(29(37)22-13-6-5-12-21(22)20-10-3-2-4-11-20)17-9-16-32-27-18-26(23-14-7-8-15-25(23)31)34-28-24(30)19-33-36(27)28/h2-8,10-15,18-19,32H,9,16-17H2,1H3. The van der Waals surface area contributed by atoms with Crippen LogP contribution in [0.1, 0.15) is 16.8 Å². The van der Waals surface area contributed by atoms with E-state index in [1.165, 1.54) is 0 Å². The maximum atomic E-state index is 13.3. The molecule has 6 nitrogen and oxygen atoms in total. The third kappa shape index (κ3) is 5.38. The zero-order valence-electron chi connectivity index (χ0n) is 20.2. The molecule has 0 unspecified atom stereocenters. The number of halogens is 2. The van der Waals surface area contributed by atoms with Crippen molar-refractivity contribution in [2.45, 2.75) is 6.42 Å². The van der Waals surface area contributed by atoms with E-state index < -0.39 is 0 Å². The van der Waals surface area contributed by atoms with Crippen molar-refractivity contribution >= 4 is 44.9 Å². The molecule has 0 saturated heterocycles. The van der Waals surface area contributed by atoms with Crippen molar-refractivity contribution in [3.05, 3.63) is 106 Å². The van der Waals surface area contributed by atoms with E-state index in [1.807, 2.05) is 92.0 Å². The van der Waals surface area contributed by atoms with E-state index in [-0.39, 0.29) is 5.91 Å². The third-order valence-electron chi connectivity index (χ3n) is 6.14. The van der Waals surface area contributed by atoms with Crippen LogP contribution in [-0.2, 0) is 0 Å². The summed E-state index contributed by atoms with van der Waals surface area (Å²) in [5, 5.41) is 8.54. The zero-order valence-corrected chi connectivity index (χ0v) is 22.6. The maximum absolute atomic E-state index is 13.3. The molecule has 0 aliphatic heterocycles. The Balaban J connectivity index is 1.28. The molecule has 0 radical (unpaired) electrons. The quantitative estimate of drug-likeness (QED) is 0.202. The summed E-state index contributed by atoms with van der Waals surface area (Å²) in [5.41, 5.74) is 4.98. The van der Waals surface area contributed by atoms with Crippen molar-refractivity contribution in [1.29, 1.82) is 0 Å².